The third-order valence-corrected chi connectivity index (χ3v) is 2.07. The maximum atomic E-state index is 13.3. The summed E-state index contributed by atoms with van der Waals surface area (Å²) in [5.41, 5.74) is 5.35. The van der Waals surface area contributed by atoms with Gasteiger partial charge in [0.2, 0.25) is 0 Å². The van der Waals surface area contributed by atoms with Crippen molar-refractivity contribution in [1.29, 1.82) is 0 Å². The maximum Gasteiger partial charge on any atom is 0.434 e. The number of nitrogens with two attached hydrogens (primary N) is 1. The molecule has 0 bridgehead atoms. The van der Waals surface area contributed by atoms with Crippen LogP contribution in [0.25, 0.3) is 0 Å². The molecular weight excluding hydrogens is 283 g/mol. The lowest BCUT2D eigenvalue weighted by Gasteiger charge is -2.24. The van der Waals surface area contributed by atoms with Crippen molar-refractivity contribution in [2.45, 2.75) is 25.0 Å². The molecule has 1 rings (SSSR count). The van der Waals surface area contributed by atoms with Gasteiger partial charge in [-0.15, -0.1) is 0 Å². The van der Waals surface area contributed by atoms with Crippen molar-refractivity contribution in [1.82, 2.24) is 0 Å². The zero-order valence-electron chi connectivity index (χ0n) is 9.15. The van der Waals surface area contributed by atoms with Gasteiger partial charge in [0.05, 0.1) is 0 Å². The Labute approximate surface area is 103 Å². The predicted octanol–water partition coefficient (Wildman–Crippen LogP) is 3.16. The summed E-state index contributed by atoms with van der Waals surface area (Å²) >= 11 is 0. The van der Waals surface area contributed by atoms with E-state index in [9.17, 15) is 30.7 Å². The molecule has 0 heterocycles. The SMILES string of the molecule is NCc1ccc(OC(C(F)(F)F)C(F)(F)F)c(F)c1. The molecule has 0 amide bonds. The lowest BCUT2D eigenvalue weighted by Crippen LogP contribution is -2.46. The summed E-state index contributed by atoms with van der Waals surface area (Å²) in [5, 5.41) is 0. The molecule has 0 aliphatic heterocycles. The molecule has 0 aromatic heterocycles. The Kier molecular flexibility index (Phi) is 4.28. The van der Waals surface area contributed by atoms with Crippen molar-refractivity contribution in [2.75, 3.05) is 0 Å². The van der Waals surface area contributed by atoms with Gasteiger partial charge in [0.1, 0.15) is 0 Å². The van der Waals surface area contributed by atoms with Crippen LogP contribution < -0.4 is 10.5 Å². The van der Waals surface area contributed by atoms with Crippen LogP contribution in [0.3, 0.4) is 0 Å². The van der Waals surface area contributed by atoms with Crippen molar-refractivity contribution < 1.29 is 35.5 Å². The molecule has 9 heteroatoms. The second-order valence-corrected chi connectivity index (χ2v) is 3.55. The van der Waals surface area contributed by atoms with Crippen molar-refractivity contribution in [3.05, 3.63) is 29.6 Å². The van der Waals surface area contributed by atoms with E-state index in [4.69, 9.17) is 5.73 Å². The molecule has 2 nitrogen and oxygen atoms in total. The van der Waals surface area contributed by atoms with E-state index in [1.54, 1.807) is 0 Å². The maximum absolute atomic E-state index is 13.3. The first kappa shape index (κ1) is 15.5. The lowest BCUT2D eigenvalue weighted by molar-refractivity contribution is -0.300. The zero-order chi connectivity index (χ0) is 14.8. The van der Waals surface area contributed by atoms with Gasteiger partial charge in [-0.05, 0) is 17.7 Å². The molecule has 2 N–H and O–H groups in total. The first-order valence-corrected chi connectivity index (χ1v) is 4.84. The van der Waals surface area contributed by atoms with Gasteiger partial charge in [-0.1, -0.05) is 6.07 Å². The Morgan fingerprint density at radius 2 is 1.58 bits per heavy atom. The van der Waals surface area contributed by atoms with Gasteiger partial charge < -0.3 is 10.5 Å². The predicted molar refractivity (Wildman–Crippen MR) is 50.8 cm³/mol. The molecular formula is C10H8F7NO. The normalized spacial score (nSPS) is 12.9. The summed E-state index contributed by atoms with van der Waals surface area (Å²) in [4.78, 5) is 0. The first-order chi connectivity index (χ1) is 8.55. The van der Waals surface area contributed by atoms with E-state index in [-0.39, 0.29) is 12.1 Å². The molecule has 1 aromatic rings. The summed E-state index contributed by atoms with van der Waals surface area (Å²) in [6.45, 7) is -0.112. The molecule has 0 radical (unpaired) electrons. The average Bonchev–Trinajstić information content (AvgIpc) is 2.23. The van der Waals surface area contributed by atoms with Crippen molar-refractivity contribution in [3.8, 4) is 5.75 Å². The lowest BCUT2D eigenvalue weighted by atomic mass is 10.2. The molecule has 0 saturated carbocycles. The van der Waals surface area contributed by atoms with Gasteiger partial charge in [-0.2, -0.15) is 26.3 Å². The topological polar surface area (TPSA) is 35.2 Å². The minimum absolute atomic E-state index is 0.112. The van der Waals surface area contributed by atoms with Crippen LogP contribution in [0.4, 0.5) is 30.7 Å². The molecule has 0 saturated heterocycles. The zero-order valence-corrected chi connectivity index (χ0v) is 9.15. The molecule has 0 spiro atoms. The fourth-order valence-corrected chi connectivity index (χ4v) is 1.21. The van der Waals surface area contributed by atoms with Crippen LogP contribution in [-0.4, -0.2) is 18.5 Å². The fourth-order valence-electron chi connectivity index (χ4n) is 1.21. The highest BCUT2D eigenvalue weighted by Gasteiger charge is 2.59. The quantitative estimate of drug-likeness (QED) is 0.868. The van der Waals surface area contributed by atoms with Crippen LogP contribution >= 0.6 is 0 Å². The van der Waals surface area contributed by atoms with Crippen LogP contribution in [0.2, 0.25) is 0 Å². The van der Waals surface area contributed by atoms with E-state index >= 15 is 0 Å². The molecule has 0 fully saturated rings. The monoisotopic (exact) mass is 291 g/mol. The number of ether oxygens (including phenoxy) is 1. The highest BCUT2D eigenvalue weighted by molar-refractivity contribution is 5.29. The Bertz CT molecular complexity index is 426. The minimum Gasteiger partial charge on any atom is -0.468 e. The third-order valence-electron chi connectivity index (χ3n) is 2.07. The number of hydrogen-bond donors (Lipinski definition) is 1. The van der Waals surface area contributed by atoms with E-state index in [0.29, 0.717) is 12.1 Å². The van der Waals surface area contributed by atoms with Gasteiger partial charge in [0, 0.05) is 6.54 Å². The summed E-state index contributed by atoms with van der Waals surface area (Å²) < 4.78 is 90.1. The Hall–Kier alpha value is -1.51. The van der Waals surface area contributed by atoms with E-state index in [0.717, 1.165) is 6.07 Å². The van der Waals surface area contributed by atoms with Crippen molar-refractivity contribution in [3.63, 3.8) is 0 Å². The van der Waals surface area contributed by atoms with E-state index in [2.05, 4.69) is 4.74 Å². The third kappa shape index (κ3) is 3.98. The second kappa shape index (κ2) is 5.24. The standard InChI is InChI=1S/C10H8F7NO/c11-6-3-5(4-18)1-2-7(6)19-8(9(12,13)14)10(15,16)17/h1-3,8H,4,18H2. The molecule has 0 unspecified atom stereocenters. The smallest absolute Gasteiger partial charge is 0.434 e. The van der Waals surface area contributed by atoms with E-state index in [1.165, 1.54) is 0 Å². The minimum atomic E-state index is -5.70. The highest BCUT2D eigenvalue weighted by Crippen LogP contribution is 2.37. The first-order valence-electron chi connectivity index (χ1n) is 4.84. The fraction of sp³-hybridized carbons (Fsp3) is 0.400. The molecule has 19 heavy (non-hydrogen) atoms. The Morgan fingerprint density at radius 3 is 1.95 bits per heavy atom. The molecule has 1 aromatic carbocycles. The van der Waals surface area contributed by atoms with Crippen LogP contribution in [-0.2, 0) is 6.54 Å². The number of halogens is 7. The summed E-state index contributed by atoms with van der Waals surface area (Å²) in [5.74, 6) is -2.49. The number of alkyl halides is 6. The van der Waals surface area contributed by atoms with Gasteiger partial charge in [0.15, 0.2) is 11.6 Å². The van der Waals surface area contributed by atoms with Gasteiger partial charge in [-0.3, -0.25) is 0 Å². The molecule has 0 aliphatic carbocycles. The molecule has 108 valence electrons. The largest absolute Gasteiger partial charge is 0.468 e. The average molecular weight is 291 g/mol. The van der Waals surface area contributed by atoms with Crippen molar-refractivity contribution >= 4 is 0 Å². The highest BCUT2D eigenvalue weighted by atomic mass is 19.4. The van der Waals surface area contributed by atoms with Gasteiger partial charge >= 0.3 is 12.4 Å². The van der Waals surface area contributed by atoms with Crippen LogP contribution in [0.15, 0.2) is 18.2 Å². The Balaban J connectivity index is 3.04. The van der Waals surface area contributed by atoms with E-state index < -0.39 is 30.0 Å². The van der Waals surface area contributed by atoms with Crippen LogP contribution in [0.5, 0.6) is 5.75 Å². The number of hydrogen-bond acceptors (Lipinski definition) is 2. The van der Waals surface area contributed by atoms with Crippen molar-refractivity contribution in [2.24, 2.45) is 5.73 Å². The summed E-state index contributed by atoms with van der Waals surface area (Å²) in [7, 11) is 0. The summed E-state index contributed by atoms with van der Waals surface area (Å²) in [6, 6.07) is 2.45. The number of rotatable bonds is 3. The van der Waals surface area contributed by atoms with Gasteiger partial charge in [0.25, 0.3) is 6.10 Å². The second-order valence-electron chi connectivity index (χ2n) is 3.55. The summed E-state index contributed by atoms with van der Waals surface area (Å²) in [6.07, 6.45) is -15.5. The molecule has 0 aliphatic rings. The number of benzene rings is 1. The molecule has 0 atom stereocenters. The van der Waals surface area contributed by atoms with Gasteiger partial charge in [-0.25, -0.2) is 4.39 Å². The van der Waals surface area contributed by atoms with E-state index in [1.807, 2.05) is 0 Å². The van der Waals surface area contributed by atoms with Crippen LogP contribution in [0.1, 0.15) is 5.56 Å². The van der Waals surface area contributed by atoms with Crippen LogP contribution in [0, 0.1) is 5.82 Å². The Morgan fingerprint density at radius 1 is 1.05 bits per heavy atom.